The maximum Gasteiger partial charge on any atom is 0.459 e. The molecule has 38 heavy (non-hydrogen) atoms. The highest BCUT2D eigenvalue weighted by Gasteiger charge is 2.34. The molecule has 4 N–H and O–H groups in total. The number of fused-ring (bicyclic) bond motifs is 1. The lowest BCUT2D eigenvalue weighted by Gasteiger charge is -2.23. The van der Waals surface area contributed by atoms with Crippen molar-refractivity contribution in [3.05, 3.63) is 36.7 Å². The standard InChI is InChI=1S/C23H29N6O8P/c1-13(22(30)31)28-38(32,37-16-7-8-17(33-2)18(10-16)34-3)36-11-14-5-6-15(9-14)29-12-25-19-20(29)26-23(24)27-21(19)35-4/h5-8,10,12-15H,9,11H2,1-4H3,(H,28,32)(H,30,31)(H2,24,26,27)/t13?,14-,15+,38?/m1/s1. The van der Waals surface area contributed by atoms with Crippen molar-refractivity contribution in [2.45, 2.75) is 25.4 Å². The van der Waals surface area contributed by atoms with Crippen LogP contribution in [-0.2, 0) is 13.9 Å². The minimum absolute atomic E-state index is 0.00994. The van der Waals surface area contributed by atoms with E-state index in [1.807, 2.05) is 16.7 Å². The van der Waals surface area contributed by atoms with Gasteiger partial charge >= 0.3 is 13.7 Å². The molecular formula is C23H29N6O8P. The number of nitrogens with one attached hydrogen (secondary N) is 1. The van der Waals surface area contributed by atoms with E-state index in [0.29, 0.717) is 29.1 Å². The topological polar surface area (TPSA) is 182 Å². The highest BCUT2D eigenvalue weighted by atomic mass is 31.2. The number of hydrogen-bond acceptors (Lipinski definition) is 11. The van der Waals surface area contributed by atoms with Crippen molar-refractivity contribution < 1.29 is 37.7 Å². The van der Waals surface area contributed by atoms with E-state index in [9.17, 15) is 14.5 Å². The maximum atomic E-state index is 13.6. The number of carbonyl (C=O) groups is 1. The number of rotatable bonds is 12. The third-order valence-corrected chi connectivity index (χ3v) is 7.51. The molecule has 0 aliphatic heterocycles. The predicted molar refractivity (Wildman–Crippen MR) is 137 cm³/mol. The molecule has 0 saturated carbocycles. The van der Waals surface area contributed by atoms with Gasteiger partial charge in [0.15, 0.2) is 22.7 Å². The average molecular weight is 548 g/mol. The molecular weight excluding hydrogens is 519 g/mol. The number of carboxylic acid groups (broad SMARTS) is 1. The van der Waals surface area contributed by atoms with Gasteiger partial charge in [-0.25, -0.2) is 9.55 Å². The molecule has 14 nitrogen and oxygen atoms in total. The van der Waals surface area contributed by atoms with Gasteiger partial charge in [0.05, 0.1) is 40.3 Å². The molecule has 4 rings (SSSR count). The summed E-state index contributed by atoms with van der Waals surface area (Å²) in [5, 5.41) is 11.8. The van der Waals surface area contributed by atoms with Crippen molar-refractivity contribution in [1.82, 2.24) is 24.6 Å². The summed E-state index contributed by atoms with van der Waals surface area (Å²) in [5.41, 5.74) is 6.82. The van der Waals surface area contributed by atoms with Gasteiger partial charge in [-0.05, 0) is 25.5 Å². The summed E-state index contributed by atoms with van der Waals surface area (Å²) in [4.78, 5) is 24.1. The Morgan fingerprint density at radius 3 is 2.66 bits per heavy atom. The number of hydrogen-bond donors (Lipinski definition) is 3. The van der Waals surface area contributed by atoms with Gasteiger partial charge in [0.1, 0.15) is 11.8 Å². The fourth-order valence-electron chi connectivity index (χ4n) is 3.96. The summed E-state index contributed by atoms with van der Waals surface area (Å²) in [5.74, 6) is -0.104. The van der Waals surface area contributed by atoms with Gasteiger partial charge < -0.3 is 34.1 Å². The zero-order valence-electron chi connectivity index (χ0n) is 21.2. The number of aromatic nitrogens is 4. The first kappa shape index (κ1) is 27.2. The van der Waals surface area contributed by atoms with E-state index >= 15 is 0 Å². The Balaban J connectivity index is 1.49. The second-order valence-electron chi connectivity index (χ2n) is 8.45. The van der Waals surface area contributed by atoms with Crippen molar-refractivity contribution in [2.75, 3.05) is 33.7 Å². The van der Waals surface area contributed by atoms with Gasteiger partial charge in [-0.15, -0.1) is 0 Å². The lowest BCUT2D eigenvalue weighted by atomic mass is 10.1. The zero-order valence-corrected chi connectivity index (χ0v) is 22.1. The molecule has 3 aromatic rings. The number of aliphatic carboxylic acids is 1. The predicted octanol–water partition coefficient (Wildman–Crippen LogP) is 2.82. The van der Waals surface area contributed by atoms with Gasteiger partial charge in [0.25, 0.3) is 0 Å². The van der Waals surface area contributed by atoms with Gasteiger partial charge in [-0.3, -0.25) is 9.32 Å². The zero-order chi connectivity index (χ0) is 27.4. The number of carboxylic acids is 1. The number of benzene rings is 1. The fraction of sp³-hybridized carbons (Fsp3) is 0.391. The van der Waals surface area contributed by atoms with Crippen LogP contribution in [0.25, 0.3) is 11.2 Å². The van der Waals surface area contributed by atoms with Crippen LogP contribution in [0.4, 0.5) is 5.95 Å². The first-order valence-electron chi connectivity index (χ1n) is 11.6. The molecule has 0 fully saturated rings. The Morgan fingerprint density at radius 2 is 1.97 bits per heavy atom. The third kappa shape index (κ3) is 5.82. The van der Waals surface area contributed by atoms with Gasteiger partial charge in [0.2, 0.25) is 11.8 Å². The second kappa shape index (κ2) is 11.3. The molecule has 4 atom stereocenters. The van der Waals surface area contributed by atoms with Crippen LogP contribution in [0.2, 0.25) is 0 Å². The molecule has 2 aromatic heterocycles. The van der Waals surface area contributed by atoms with Crippen molar-refractivity contribution in [3.8, 4) is 23.1 Å². The lowest BCUT2D eigenvalue weighted by Crippen LogP contribution is -2.33. The molecule has 0 saturated heterocycles. The number of anilines is 1. The highest BCUT2D eigenvalue weighted by Crippen LogP contribution is 2.47. The number of ether oxygens (including phenoxy) is 3. The normalized spacial score (nSPS) is 19.2. The van der Waals surface area contributed by atoms with Gasteiger partial charge in [-0.1, -0.05) is 12.2 Å². The number of allylic oxidation sites excluding steroid dienone is 1. The Hall–Kier alpha value is -3.87. The maximum absolute atomic E-state index is 13.6. The van der Waals surface area contributed by atoms with E-state index in [4.69, 9.17) is 29.0 Å². The summed E-state index contributed by atoms with van der Waals surface area (Å²) in [6.07, 6.45) is 6.07. The Bertz CT molecular complexity index is 1400. The summed E-state index contributed by atoms with van der Waals surface area (Å²) in [6, 6.07) is 3.22. The fourth-order valence-corrected chi connectivity index (χ4v) is 5.51. The second-order valence-corrected chi connectivity index (χ2v) is 10.1. The van der Waals surface area contributed by atoms with Crippen LogP contribution in [0.3, 0.4) is 0 Å². The largest absolute Gasteiger partial charge is 0.493 e. The summed E-state index contributed by atoms with van der Waals surface area (Å²) in [6.45, 7) is 1.33. The molecule has 1 aromatic carbocycles. The number of nitrogens with zero attached hydrogens (tertiary/aromatic N) is 4. The quantitative estimate of drug-likeness (QED) is 0.222. The molecule has 0 bridgehead atoms. The Morgan fingerprint density at radius 1 is 1.21 bits per heavy atom. The van der Waals surface area contributed by atoms with Crippen LogP contribution in [0.15, 0.2) is 36.7 Å². The average Bonchev–Trinajstić information content (AvgIpc) is 3.53. The third-order valence-electron chi connectivity index (χ3n) is 5.87. The van der Waals surface area contributed by atoms with E-state index in [2.05, 4.69) is 20.0 Å². The van der Waals surface area contributed by atoms with E-state index in [-0.39, 0.29) is 36.1 Å². The SMILES string of the molecule is COc1ccc(OP(=O)(NC(C)C(=O)O)OC[C@@H]2C=C[C@H](n3cnc4c(OC)nc(N)nc43)C2)cc1OC. The van der Waals surface area contributed by atoms with Crippen molar-refractivity contribution in [1.29, 1.82) is 0 Å². The summed E-state index contributed by atoms with van der Waals surface area (Å²) < 4.78 is 42.6. The summed E-state index contributed by atoms with van der Waals surface area (Å²) >= 11 is 0. The minimum Gasteiger partial charge on any atom is -0.493 e. The molecule has 0 amide bonds. The van der Waals surface area contributed by atoms with Crippen LogP contribution < -0.4 is 29.6 Å². The highest BCUT2D eigenvalue weighted by molar-refractivity contribution is 7.52. The number of methoxy groups -OCH3 is 3. The smallest absolute Gasteiger partial charge is 0.459 e. The van der Waals surface area contributed by atoms with Crippen LogP contribution >= 0.6 is 7.75 Å². The van der Waals surface area contributed by atoms with E-state index in [1.54, 1.807) is 12.4 Å². The monoisotopic (exact) mass is 548 g/mol. The van der Waals surface area contributed by atoms with Crippen LogP contribution in [0, 0.1) is 5.92 Å². The van der Waals surface area contributed by atoms with Crippen LogP contribution in [0.5, 0.6) is 23.1 Å². The lowest BCUT2D eigenvalue weighted by molar-refractivity contribution is -0.138. The molecule has 1 aliphatic carbocycles. The van der Waals surface area contributed by atoms with E-state index in [1.165, 1.54) is 40.4 Å². The van der Waals surface area contributed by atoms with Crippen molar-refractivity contribution >= 4 is 30.8 Å². The molecule has 1 aliphatic rings. The minimum atomic E-state index is -4.13. The molecule has 204 valence electrons. The Labute approximate surface area is 218 Å². The van der Waals surface area contributed by atoms with Crippen LogP contribution in [-0.4, -0.2) is 64.6 Å². The van der Waals surface area contributed by atoms with E-state index < -0.39 is 19.8 Å². The number of imidazole rings is 1. The van der Waals surface area contributed by atoms with E-state index in [0.717, 1.165) is 0 Å². The van der Waals surface area contributed by atoms with Crippen molar-refractivity contribution in [2.24, 2.45) is 5.92 Å². The number of nitrogens with two attached hydrogens (primary N) is 1. The molecule has 15 heteroatoms. The van der Waals surface area contributed by atoms with Crippen LogP contribution in [0.1, 0.15) is 19.4 Å². The molecule has 0 spiro atoms. The van der Waals surface area contributed by atoms with Gasteiger partial charge in [-0.2, -0.15) is 15.1 Å². The first-order chi connectivity index (χ1) is 18.2. The molecule has 2 unspecified atom stereocenters. The summed E-state index contributed by atoms with van der Waals surface area (Å²) in [7, 11) is 0.281. The molecule has 0 radical (unpaired) electrons. The van der Waals surface area contributed by atoms with Gasteiger partial charge in [0, 0.05) is 12.0 Å². The number of nitrogen functional groups attached to an aromatic ring is 1. The molecule has 2 heterocycles. The first-order valence-corrected chi connectivity index (χ1v) is 13.1. The Kier molecular flexibility index (Phi) is 8.05. The van der Waals surface area contributed by atoms with Crippen molar-refractivity contribution in [3.63, 3.8) is 0 Å².